The van der Waals surface area contributed by atoms with Gasteiger partial charge in [-0.05, 0) is 54.5 Å². The van der Waals surface area contributed by atoms with Crippen molar-refractivity contribution in [2.45, 2.75) is 46.1 Å². The average molecular weight is 422 g/mol. The van der Waals surface area contributed by atoms with Crippen LogP contribution in [0.4, 0.5) is 11.4 Å². The number of nitro groups is 1. The number of benzene rings is 2. The highest BCUT2D eigenvalue weighted by atomic mass is 32.1. The predicted molar refractivity (Wildman–Crippen MR) is 122 cm³/mol. The lowest BCUT2D eigenvalue weighted by Gasteiger charge is -2.36. The molecule has 5 nitrogen and oxygen atoms in total. The highest BCUT2D eigenvalue weighted by molar-refractivity contribution is 7.07. The second kappa shape index (κ2) is 8.56. The fourth-order valence-corrected chi connectivity index (χ4v) is 5.36. The van der Waals surface area contributed by atoms with Crippen molar-refractivity contribution in [1.82, 2.24) is 4.57 Å². The van der Waals surface area contributed by atoms with Gasteiger partial charge in [0.25, 0.3) is 5.69 Å². The van der Waals surface area contributed by atoms with E-state index in [1.54, 1.807) is 23.5 Å². The van der Waals surface area contributed by atoms with Crippen LogP contribution in [0.25, 0.3) is 11.3 Å². The Labute approximate surface area is 180 Å². The molecule has 0 aliphatic heterocycles. The Morgan fingerprint density at radius 2 is 1.83 bits per heavy atom. The monoisotopic (exact) mass is 421 g/mol. The summed E-state index contributed by atoms with van der Waals surface area (Å²) in [6.07, 6.45) is 3.60. The van der Waals surface area contributed by atoms with Gasteiger partial charge < -0.3 is 4.57 Å². The normalized spacial score (nSPS) is 22.2. The van der Waals surface area contributed by atoms with E-state index in [2.05, 4.69) is 42.9 Å². The van der Waals surface area contributed by atoms with Crippen molar-refractivity contribution < 1.29 is 4.92 Å². The maximum atomic E-state index is 11.1. The summed E-state index contributed by atoms with van der Waals surface area (Å²) >= 11 is 1.64. The molecule has 4 rings (SSSR count). The fourth-order valence-electron chi connectivity index (χ4n) is 4.40. The molecule has 0 bridgehead atoms. The van der Waals surface area contributed by atoms with E-state index >= 15 is 0 Å². The third-order valence-corrected chi connectivity index (χ3v) is 7.28. The van der Waals surface area contributed by atoms with E-state index in [9.17, 15) is 10.1 Å². The SMILES string of the molecule is Cc1ccccc1N=c1scc(-c2ccc([N+](=O)[O-])cc2)n1C1CCCC(C)C1C. The molecule has 0 spiro atoms. The van der Waals surface area contributed by atoms with Crippen LogP contribution in [0.3, 0.4) is 0 Å². The number of nitrogens with zero attached hydrogens (tertiary/aromatic N) is 3. The van der Waals surface area contributed by atoms with Crippen LogP contribution < -0.4 is 4.80 Å². The Kier molecular flexibility index (Phi) is 5.86. The lowest BCUT2D eigenvalue weighted by Crippen LogP contribution is -2.32. The van der Waals surface area contributed by atoms with Gasteiger partial charge in [-0.3, -0.25) is 10.1 Å². The van der Waals surface area contributed by atoms with E-state index in [0.717, 1.165) is 33.7 Å². The molecule has 2 aromatic carbocycles. The molecule has 3 aromatic rings. The topological polar surface area (TPSA) is 60.4 Å². The molecule has 1 aliphatic carbocycles. The summed E-state index contributed by atoms with van der Waals surface area (Å²) in [6.45, 7) is 6.77. The van der Waals surface area contributed by atoms with Gasteiger partial charge in [-0.25, -0.2) is 4.99 Å². The van der Waals surface area contributed by atoms with Crippen molar-refractivity contribution >= 4 is 22.7 Å². The molecule has 1 saturated carbocycles. The van der Waals surface area contributed by atoms with Crippen molar-refractivity contribution in [3.8, 4) is 11.3 Å². The Bertz CT molecular complexity index is 1110. The van der Waals surface area contributed by atoms with Crippen LogP contribution in [0, 0.1) is 28.9 Å². The summed E-state index contributed by atoms with van der Waals surface area (Å²) in [4.78, 5) is 16.7. The molecule has 3 atom stereocenters. The number of aromatic nitrogens is 1. The maximum absolute atomic E-state index is 11.1. The Hall–Kier alpha value is -2.73. The number of aryl methyl sites for hydroxylation is 1. The Morgan fingerprint density at radius 3 is 2.53 bits per heavy atom. The van der Waals surface area contributed by atoms with Gasteiger partial charge in [0.2, 0.25) is 0 Å². The molecule has 1 aliphatic rings. The number of rotatable bonds is 4. The van der Waals surface area contributed by atoms with Gasteiger partial charge in [0.05, 0.1) is 16.3 Å². The molecule has 3 unspecified atom stereocenters. The largest absolute Gasteiger partial charge is 0.313 e. The van der Waals surface area contributed by atoms with Crippen molar-refractivity contribution in [3.63, 3.8) is 0 Å². The first kappa shape index (κ1) is 20.5. The second-order valence-corrected chi connectivity index (χ2v) is 9.15. The number of para-hydroxylation sites is 1. The first-order chi connectivity index (χ1) is 14.5. The minimum Gasteiger partial charge on any atom is -0.313 e. The minimum absolute atomic E-state index is 0.116. The van der Waals surface area contributed by atoms with E-state index in [0.29, 0.717) is 17.9 Å². The molecule has 6 heteroatoms. The summed E-state index contributed by atoms with van der Waals surface area (Å²) in [5.41, 5.74) is 4.34. The second-order valence-electron chi connectivity index (χ2n) is 8.31. The van der Waals surface area contributed by atoms with Crippen LogP contribution in [0.1, 0.15) is 44.7 Å². The van der Waals surface area contributed by atoms with Gasteiger partial charge in [-0.2, -0.15) is 0 Å². The summed E-state index contributed by atoms with van der Waals surface area (Å²) < 4.78 is 2.39. The van der Waals surface area contributed by atoms with Crippen LogP contribution in [-0.2, 0) is 0 Å². The molecule has 0 saturated heterocycles. The van der Waals surface area contributed by atoms with Crippen molar-refractivity contribution in [2.75, 3.05) is 0 Å². The molecule has 1 heterocycles. The zero-order valence-electron chi connectivity index (χ0n) is 17.6. The molecule has 30 heavy (non-hydrogen) atoms. The third kappa shape index (κ3) is 3.97. The van der Waals surface area contributed by atoms with E-state index in [1.807, 2.05) is 24.3 Å². The van der Waals surface area contributed by atoms with Crippen LogP contribution in [0.5, 0.6) is 0 Å². The van der Waals surface area contributed by atoms with Crippen molar-refractivity contribution in [2.24, 2.45) is 16.8 Å². The van der Waals surface area contributed by atoms with Gasteiger partial charge in [0, 0.05) is 23.6 Å². The summed E-state index contributed by atoms with van der Waals surface area (Å²) in [5, 5.41) is 13.2. The quantitative estimate of drug-likeness (QED) is 0.349. The standard InChI is InChI=1S/C24H27N3O2S/c1-16-8-6-10-22(18(16)3)26-23(19-11-13-20(14-12-19)27(28)29)15-30-24(26)25-21-9-5-4-7-17(21)2/h4-5,7,9,11-16,18,22H,6,8,10H2,1-3H3. The van der Waals surface area contributed by atoms with Crippen molar-refractivity contribution in [3.05, 3.63) is 74.4 Å². The summed E-state index contributed by atoms with van der Waals surface area (Å²) in [5.74, 6) is 1.20. The number of thiazole rings is 1. The van der Waals surface area contributed by atoms with Crippen molar-refractivity contribution in [1.29, 1.82) is 0 Å². The number of hydrogen-bond acceptors (Lipinski definition) is 4. The number of non-ortho nitro benzene ring substituents is 1. The lowest BCUT2D eigenvalue weighted by molar-refractivity contribution is -0.384. The van der Waals surface area contributed by atoms with Gasteiger partial charge in [-0.15, -0.1) is 11.3 Å². The minimum atomic E-state index is -0.352. The van der Waals surface area contributed by atoms with Crippen LogP contribution in [0.2, 0.25) is 0 Å². The zero-order chi connectivity index (χ0) is 21.3. The highest BCUT2D eigenvalue weighted by Crippen LogP contribution is 2.39. The molecule has 1 aromatic heterocycles. The molecular formula is C24H27N3O2S. The molecule has 156 valence electrons. The van der Waals surface area contributed by atoms with Crippen LogP contribution in [0.15, 0.2) is 58.9 Å². The smallest absolute Gasteiger partial charge is 0.269 e. The fraction of sp³-hybridized carbons (Fsp3) is 0.375. The maximum Gasteiger partial charge on any atom is 0.269 e. The van der Waals surface area contributed by atoms with Gasteiger partial charge in [0.15, 0.2) is 4.80 Å². The van der Waals surface area contributed by atoms with E-state index in [-0.39, 0.29) is 10.6 Å². The lowest BCUT2D eigenvalue weighted by atomic mass is 9.78. The number of hydrogen-bond donors (Lipinski definition) is 0. The third-order valence-electron chi connectivity index (χ3n) is 6.44. The van der Waals surface area contributed by atoms with Gasteiger partial charge in [0.1, 0.15) is 0 Å². The van der Waals surface area contributed by atoms with Crippen LogP contribution in [-0.4, -0.2) is 9.49 Å². The first-order valence-electron chi connectivity index (χ1n) is 10.5. The molecule has 1 fully saturated rings. The highest BCUT2D eigenvalue weighted by Gasteiger charge is 2.30. The molecule has 0 radical (unpaired) electrons. The predicted octanol–water partition coefficient (Wildman–Crippen LogP) is 6.66. The van der Waals surface area contributed by atoms with Crippen LogP contribution >= 0.6 is 11.3 Å². The summed E-state index contributed by atoms with van der Waals surface area (Å²) in [6, 6.07) is 15.4. The average Bonchev–Trinajstić information content (AvgIpc) is 3.15. The Morgan fingerprint density at radius 1 is 1.10 bits per heavy atom. The molecule has 0 N–H and O–H groups in total. The zero-order valence-corrected chi connectivity index (χ0v) is 18.4. The van der Waals surface area contributed by atoms with E-state index < -0.39 is 0 Å². The summed E-state index contributed by atoms with van der Waals surface area (Å²) in [7, 11) is 0. The number of nitro benzene ring substituents is 1. The first-order valence-corrected chi connectivity index (χ1v) is 11.4. The molecular weight excluding hydrogens is 394 g/mol. The van der Waals surface area contributed by atoms with E-state index in [4.69, 9.17) is 4.99 Å². The van der Waals surface area contributed by atoms with E-state index in [1.165, 1.54) is 12.8 Å². The Balaban J connectivity index is 1.88. The molecule has 0 amide bonds. The van der Waals surface area contributed by atoms with Gasteiger partial charge in [-0.1, -0.05) is 44.9 Å². The van der Waals surface area contributed by atoms with Gasteiger partial charge >= 0.3 is 0 Å².